The SMILES string of the molecule is CCOC(=O)C(CCC#N)C(F)F. The lowest BCUT2D eigenvalue weighted by atomic mass is 10.1. The normalized spacial score (nSPS) is 12.2. The largest absolute Gasteiger partial charge is 0.466 e. The highest BCUT2D eigenvalue weighted by Gasteiger charge is 2.28. The first-order chi connectivity index (χ1) is 6.13. The highest BCUT2D eigenvalue weighted by atomic mass is 19.3. The van der Waals surface area contributed by atoms with Crippen LogP contribution in [0.5, 0.6) is 0 Å². The molecule has 0 saturated heterocycles. The zero-order chi connectivity index (χ0) is 10.3. The highest BCUT2D eigenvalue weighted by Crippen LogP contribution is 2.17. The van der Waals surface area contributed by atoms with E-state index < -0.39 is 18.3 Å². The van der Waals surface area contributed by atoms with Gasteiger partial charge in [-0.15, -0.1) is 0 Å². The molecule has 1 unspecified atom stereocenters. The van der Waals surface area contributed by atoms with Crippen LogP contribution >= 0.6 is 0 Å². The smallest absolute Gasteiger partial charge is 0.314 e. The van der Waals surface area contributed by atoms with Gasteiger partial charge in [0, 0.05) is 6.42 Å². The van der Waals surface area contributed by atoms with Gasteiger partial charge in [0.2, 0.25) is 0 Å². The van der Waals surface area contributed by atoms with E-state index in [0.29, 0.717) is 0 Å². The first-order valence-corrected chi connectivity index (χ1v) is 3.95. The quantitative estimate of drug-likeness (QED) is 0.622. The van der Waals surface area contributed by atoms with Crippen molar-refractivity contribution in [2.45, 2.75) is 26.2 Å². The molecule has 0 radical (unpaired) electrons. The van der Waals surface area contributed by atoms with Gasteiger partial charge >= 0.3 is 5.97 Å². The Morgan fingerprint density at radius 1 is 1.62 bits per heavy atom. The lowest BCUT2D eigenvalue weighted by Gasteiger charge is -2.12. The highest BCUT2D eigenvalue weighted by molar-refractivity contribution is 5.72. The molecule has 0 aromatic carbocycles. The summed E-state index contributed by atoms with van der Waals surface area (Å²) in [5.74, 6) is -2.38. The molecule has 0 bridgehead atoms. The van der Waals surface area contributed by atoms with Crippen molar-refractivity contribution in [3.05, 3.63) is 0 Å². The summed E-state index contributed by atoms with van der Waals surface area (Å²) in [6.07, 6.45) is -2.96. The van der Waals surface area contributed by atoms with Gasteiger partial charge in [-0.05, 0) is 13.3 Å². The van der Waals surface area contributed by atoms with Gasteiger partial charge in [-0.1, -0.05) is 0 Å². The molecule has 0 spiro atoms. The lowest BCUT2D eigenvalue weighted by Crippen LogP contribution is -2.24. The van der Waals surface area contributed by atoms with Crippen molar-refractivity contribution in [2.24, 2.45) is 5.92 Å². The molecule has 0 amide bonds. The Hall–Kier alpha value is -1.18. The number of carbonyl (C=O) groups is 1. The molecule has 74 valence electrons. The Kier molecular flexibility index (Phi) is 5.77. The number of rotatable bonds is 5. The summed E-state index contributed by atoms with van der Waals surface area (Å²) >= 11 is 0. The Morgan fingerprint density at radius 2 is 2.23 bits per heavy atom. The fourth-order valence-electron chi connectivity index (χ4n) is 0.816. The van der Waals surface area contributed by atoms with Crippen molar-refractivity contribution < 1.29 is 18.3 Å². The molecular formula is C8H11F2NO2. The first-order valence-electron chi connectivity index (χ1n) is 3.95. The van der Waals surface area contributed by atoms with E-state index in [2.05, 4.69) is 4.74 Å². The van der Waals surface area contributed by atoms with Gasteiger partial charge in [0.1, 0.15) is 5.92 Å². The molecule has 0 aromatic heterocycles. The monoisotopic (exact) mass is 191 g/mol. The third kappa shape index (κ3) is 4.41. The molecule has 0 rings (SSSR count). The first kappa shape index (κ1) is 11.8. The summed E-state index contributed by atoms with van der Waals surface area (Å²) in [6, 6.07) is 1.71. The molecule has 0 aliphatic rings. The summed E-state index contributed by atoms with van der Waals surface area (Å²) in [5, 5.41) is 8.16. The second-order valence-electron chi connectivity index (χ2n) is 2.39. The fourth-order valence-corrected chi connectivity index (χ4v) is 0.816. The van der Waals surface area contributed by atoms with Crippen molar-refractivity contribution in [3.63, 3.8) is 0 Å². The molecule has 0 aromatic rings. The summed E-state index contributed by atoms with van der Waals surface area (Å²) < 4.78 is 28.8. The summed E-state index contributed by atoms with van der Waals surface area (Å²) in [7, 11) is 0. The van der Waals surface area contributed by atoms with E-state index in [1.165, 1.54) is 0 Å². The van der Waals surface area contributed by atoms with Gasteiger partial charge in [0.05, 0.1) is 12.7 Å². The number of ether oxygens (including phenoxy) is 1. The van der Waals surface area contributed by atoms with Crippen molar-refractivity contribution in [1.82, 2.24) is 0 Å². The van der Waals surface area contributed by atoms with E-state index in [0.717, 1.165) is 0 Å². The topological polar surface area (TPSA) is 50.1 Å². The van der Waals surface area contributed by atoms with Crippen LogP contribution in [0.2, 0.25) is 0 Å². The van der Waals surface area contributed by atoms with Crippen molar-refractivity contribution in [2.75, 3.05) is 6.61 Å². The van der Waals surface area contributed by atoms with Crippen LogP contribution in [0.25, 0.3) is 0 Å². The van der Waals surface area contributed by atoms with Gasteiger partial charge < -0.3 is 4.74 Å². The minimum Gasteiger partial charge on any atom is -0.466 e. The molecule has 0 N–H and O–H groups in total. The number of nitrogens with zero attached hydrogens (tertiary/aromatic N) is 1. The number of hydrogen-bond donors (Lipinski definition) is 0. The maximum atomic E-state index is 12.2. The molecule has 5 heteroatoms. The van der Waals surface area contributed by atoms with Gasteiger partial charge in [-0.3, -0.25) is 4.79 Å². The lowest BCUT2D eigenvalue weighted by molar-refractivity contribution is -0.153. The van der Waals surface area contributed by atoms with Crippen LogP contribution in [0.15, 0.2) is 0 Å². The Bertz CT molecular complexity index is 201. The number of esters is 1. The predicted octanol–water partition coefficient (Wildman–Crippen LogP) is 1.73. The zero-order valence-electron chi connectivity index (χ0n) is 7.30. The predicted molar refractivity (Wildman–Crippen MR) is 41.0 cm³/mol. The number of nitriles is 1. The molecular weight excluding hydrogens is 180 g/mol. The van der Waals surface area contributed by atoms with Gasteiger partial charge in [-0.2, -0.15) is 5.26 Å². The second kappa shape index (κ2) is 6.35. The fraction of sp³-hybridized carbons (Fsp3) is 0.750. The Morgan fingerprint density at radius 3 is 2.62 bits per heavy atom. The molecule has 0 saturated carbocycles. The van der Waals surface area contributed by atoms with Crippen LogP contribution in [0, 0.1) is 17.2 Å². The number of halogens is 2. The van der Waals surface area contributed by atoms with Crippen LogP contribution in [0.4, 0.5) is 8.78 Å². The average Bonchev–Trinajstić information content (AvgIpc) is 2.05. The van der Waals surface area contributed by atoms with Crippen LogP contribution in [0.1, 0.15) is 19.8 Å². The molecule has 0 aliphatic heterocycles. The van der Waals surface area contributed by atoms with E-state index >= 15 is 0 Å². The van der Waals surface area contributed by atoms with Crippen LogP contribution < -0.4 is 0 Å². The molecule has 13 heavy (non-hydrogen) atoms. The Labute approximate surface area is 75.3 Å². The maximum Gasteiger partial charge on any atom is 0.314 e. The molecule has 0 fully saturated rings. The van der Waals surface area contributed by atoms with Crippen LogP contribution in [-0.2, 0) is 9.53 Å². The third-order valence-corrected chi connectivity index (χ3v) is 1.46. The summed E-state index contributed by atoms with van der Waals surface area (Å²) in [4.78, 5) is 10.9. The van der Waals surface area contributed by atoms with Gasteiger partial charge in [0.25, 0.3) is 6.43 Å². The molecule has 3 nitrogen and oxygen atoms in total. The maximum absolute atomic E-state index is 12.2. The van der Waals surface area contributed by atoms with E-state index in [-0.39, 0.29) is 19.4 Å². The van der Waals surface area contributed by atoms with E-state index in [1.807, 2.05) is 0 Å². The van der Waals surface area contributed by atoms with Crippen molar-refractivity contribution >= 4 is 5.97 Å². The minimum atomic E-state index is -2.76. The standard InChI is InChI=1S/C8H11F2NO2/c1-2-13-8(12)6(7(9)10)4-3-5-11/h6-7H,2-4H2,1H3. The summed E-state index contributed by atoms with van der Waals surface area (Å²) in [5.41, 5.74) is 0. The van der Waals surface area contributed by atoms with E-state index in [4.69, 9.17) is 5.26 Å². The number of alkyl halides is 2. The molecule has 1 atom stereocenters. The van der Waals surface area contributed by atoms with Crippen molar-refractivity contribution in [1.29, 1.82) is 5.26 Å². The average molecular weight is 191 g/mol. The molecule has 0 heterocycles. The van der Waals surface area contributed by atoms with E-state index in [1.54, 1.807) is 13.0 Å². The second-order valence-corrected chi connectivity index (χ2v) is 2.39. The van der Waals surface area contributed by atoms with Crippen molar-refractivity contribution in [3.8, 4) is 6.07 Å². The summed E-state index contributed by atoms with van der Waals surface area (Å²) in [6.45, 7) is 1.62. The zero-order valence-corrected chi connectivity index (χ0v) is 7.30. The molecule has 0 aliphatic carbocycles. The van der Waals surface area contributed by atoms with E-state index in [9.17, 15) is 13.6 Å². The van der Waals surface area contributed by atoms with Gasteiger partial charge in [0.15, 0.2) is 0 Å². The number of carbonyl (C=O) groups excluding carboxylic acids is 1. The third-order valence-electron chi connectivity index (χ3n) is 1.46. The van der Waals surface area contributed by atoms with Crippen LogP contribution in [-0.4, -0.2) is 19.0 Å². The van der Waals surface area contributed by atoms with Crippen LogP contribution in [0.3, 0.4) is 0 Å². The Balaban J connectivity index is 4.09. The van der Waals surface area contributed by atoms with Gasteiger partial charge in [-0.25, -0.2) is 8.78 Å². The number of hydrogen-bond acceptors (Lipinski definition) is 3. The minimum absolute atomic E-state index is 0.0617.